The van der Waals surface area contributed by atoms with E-state index >= 15 is 0 Å². The third-order valence-electron chi connectivity index (χ3n) is 5.27. The Morgan fingerprint density at radius 3 is 2.81 bits per heavy atom. The molecule has 1 N–H and O–H groups in total. The van der Waals surface area contributed by atoms with E-state index in [4.69, 9.17) is 4.74 Å². The number of nitrogens with zero attached hydrogens (tertiary/aromatic N) is 3. The largest absolute Gasteiger partial charge is 0.497 e. The van der Waals surface area contributed by atoms with Crippen LogP contribution < -0.4 is 4.74 Å². The Balaban J connectivity index is 1.37. The molecule has 5 heteroatoms. The van der Waals surface area contributed by atoms with Gasteiger partial charge in [0.15, 0.2) is 0 Å². The second kappa shape index (κ2) is 7.64. The van der Waals surface area contributed by atoms with Crippen LogP contribution in [0, 0.1) is 5.92 Å². The zero-order valence-corrected chi connectivity index (χ0v) is 15.3. The normalized spacial score (nSPS) is 19.3. The molecule has 138 valence electrons. The monoisotopic (exact) mass is 353 g/mol. The molecule has 0 saturated heterocycles. The van der Waals surface area contributed by atoms with Crippen LogP contribution in [-0.2, 0) is 13.1 Å². The van der Waals surface area contributed by atoms with E-state index in [0.29, 0.717) is 5.92 Å². The van der Waals surface area contributed by atoms with Gasteiger partial charge < -0.3 is 9.84 Å². The van der Waals surface area contributed by atoms with E-state index in [-0.39, 0.29) is 6.10 Å². The van der Waals surface area contributed by atoms with Gasteiger partial charge in [0.1, 0.15) is 11.9 Å². The summed E-state index contributed by atoms with van der Waals surface area (Å²) in [5.41, 5.74) is 3.26. The van der Waals surface area contributed by atoms with Crippen molar-refractivity contribution in [2.45, 2.75) is 38.5 Å². The summed E-state index contributed by atoms with van der Waals surface area (Å²) in [7, 11) is 1.68. The van der Waals surface area contributed by atoms with Crippen molar-refractivity contribution >= 4 is 6.08 Å². The number of aromatic nitrogens is 2. The van der Waals surface area contributed by atoms with Crippen molar-refractivity contribution < 1.29 is 9.84 Å². The lowest BCUT2D eigenvalue weighted by molar-refractivity contribution is 0.148. The Hall–Kier alpha value is -2.11. The Kier molecular flexibility index (Phi) is 5.09. The number of methoxy groups -OCH3 is 1. The fraction of sp³-hybridized carbons (Fsp3) is 0.476. The third kappa shape index (κ3) is 4.00. The first-order valence-electron chi connectivity index (χ1n) is 9.50. The van der Waals surface area contributed by atoms with Gasteiger partial charge in [-0.3, -0.25) is 9.58 Å². The van der Waals surface area contributed by atoms with Crippen LogP contribution in [0.3, 0.4) is 0 Å². The minimum absolute atomic E-state index is 0.377. The summed E-state index contributed by atoms with van der Waals surface area (Å²) in [5.74, 6) is 1.31. The summed E-state index contributed by atoms with van der Waals surface area (Å²) < 4.78 is 7.29. The molecule has 1 aliphatic carbocycles. The molecule has 0 spiro atoms. The molecule has 1 unspecified atom stereocenters. The number of aryl methyl sites for hydroxylation is 1. The van der Waals surface area contributed by atoms with Crippen LogP contribution in [0.4, 0.5) is 0 Å². The van der Waals surface area contributed by atoms with Crippen molar-refractivity contribution in [3.05, 3.63) is 53.4 Å². The average Bonchev–Trinajstić information content (AvgIpc) is 3.46. The maximum Gasteiger partial charge on any atom is 0.118 e. The lowest BCUT2D eigenvalue weighted by Crippen LogP contribution is -2.23. The van der Waals surface area contributed by atoms with Crippen LogP contribution in [0.1, 0.15) is 42.3 Å². The molecule has 1 aromatic heterocycles. The molecule has 1 atom stereocenters. The minimum atomic E-state index is -0.377. The molecule has 1 saturated carbocycles. The molecule has 1 aliphatic heterocycles. The van der Waals surface area contributed by atoms with E-state index in [1.54, 1.807) is 7.11 Å². The van der Waals surface area contributed by atoms with Gasteiger partial charge in [-0.1, -0.05) is 24.3 Å². The zero-order chi connectivity index (χ0) is 17.9. The zero-order valence-electron chi connectivity index (χ0n) is 15.3. The predicted molar refractivity (Wildman–Crippen MR) is 102 cm³/mol. The molecule has 2 aromatic rings. The highest BCUT2D eigenvalue weighted by Crippen LogP contribution is 2.40. The number of ether oxygens (including phenoxy) is 1. The highest BCUT2D eigenvalue weighted by molar-refractivity contribution is 5.50. The van der Waals surface area contributed by atoms with Crippen LogP contribution in [0.5, 0.6) is 5.75 Å². The van der Waals surface area contributed by atoms with Crippen molar-refractivity contribution in [3.8, 4) is 5.75 Å². The topological polar surface area (TPSA) is 50.5 Å². The minimum Gasteiger partial charge on any atom is -0.497 e. The smallest absolute Gasteiger partial charge is 0.118 e. The molecule has 0 amide bonds. The van der Waals surface area contributed by atoms with E-state index < -0.39 is 0 Å². The summed E-state index contributed by atoms with van der Waals surface area (Å²) in [4.78, 5) is 2.44. The van der Waals surface area contributed by atoms with Gasteiger partial charge >= 0.3 is 0 Å². The molecule has 5 nitrogen and oxygen atoms in total. The first kappa shape index (κ1) is 17.3. The second-order valence-electron chi connectivity index (χ2n) is 7.33. The standard InChI is InChI=1S/C21H27N3O2/c1-26-19-9-5-16(6-10-19)4-2-11-23-12-3-13-24-18(15-23)14-20(22-24)21(25)17-7-8-17/h2,4-6,9-10,14,17,21,25H,3,7-8,11-13,15H2,1H3/b4-2+. The number of hydrogen-bond donors (Lipinski definition) is 1. The molecule has 26 heavy (non-hydrogen) atoms. The van der Waals surface area contributed by atoms with Gasteiger partial charge in [0.2, 0.25) is 0 Å². The summed E-state index contributed by atoms with van der Waals surface area (Å²) >= 11 is 0. The van der Waals surface area contributed by atoms with E-state index in [1.807, 2.05) is 12.1 Å². The van der Waals surface area contributed by atoms with Crippen LogP contribution >= 0.6 is 0 Å². The molecule has 1 aromatic carbocycles. The maximum absolute atomic E-state index is 10.3. The summed E-state index contributed by atoms with van der Waals surface area (Å²) in [6, 6.07) is 10.2. The second-order valence-corrected chi connectivity index (χ2v) is 7.33. The number of hydrogen-bond acceptors (Lipinski definition) is 4. The van der Waals surface area contributed by atoms with Crippen molar-refractivity contribution in [3.63, 3.8) is 0 Å². The van der Waals surface area contributed by atoms with Crippen LogP contribution in [-0.4, -0.2) is 40.0 Å². The molecule has 2 aliphatic rings. The van der Waals surface area contributed by atoms with Crippen LogP contribution in [0.15, 0.2) is 36.4 Å². The fourth-order valence-electron chi connectivity index (χ4n) is 3.56. The van der Waals surface area contributed by atoms with Crippen molar-refractivity contribution in [2.75, 3.05) is 20.2 Å². The van der Waals surface area contributed by atoms with E-state index in [2.05, 4.69) is 45.0 Å². The van der Waals surface area contributed by atoms with Gasteiger partial charge in [-0.05, 0) is 48.9 Å². The summed E-state index contributed by atoms with van der Waals surface area (Å²) in [5, 5.41) is 15.0. The average molecular weight is 353 g/mol. The van der Waals surface area contributed by atoms with Gasteiger partial charge in [0, 0.05) is 26.2 Å². The molecule has 2 heterocycles. The molecule has 0 bridgehead atoms. The molecular weight excluding hydrogens is 326 g/mol. The van der Waals surface area contributed by atoms with Crippen molar-refractivity contribution in [2.24, 2.45) is 5.92 Å². The summed E-state index contributed by atoms with van der Waals surface area (Å²) in [6.45, 7) is 3.80. The van der Waals surface area contributed by atoms with Gasteiger partial charge in [-0.25, -0.2) is 0 Å². The number of rotatable bonds is 6. The highest BCUT2D eigenvalue weighted by atomic mass is 16.5. The van der Waals surface area contributed by atoms with Gasteiger partial charge in [0.05, 0.1) is 18.5 Å². The van der Waals surface area contributed by atoms with E-state index in [1.165, 1.54) is 11.3 Å². The maximum atomic E-state index is 10.3. The first-order valence-corrected chi connectivity index (χ1v) is 9.50. The summed E-state index contributed by atoms with van der Waals surface area (Å²) in [6.07, 6.45) is 7.34. The van der Waals surface area contributed by atoms with E-state index in [0.717, 1.165) is 56.9 Å². The Morgan fingerprint density at radius 2 is 2.08 bits per heavy atom. The van der Waals surface area contributed by atoms with Crippen LogP contribution in [0.25, 0.3) is 6.08 Å². The highest BCUT2D eigenvalue weighted by Gasteiger charge is 2.33. The molecule has 1 fully saturated rings. The third-order valence-corrected chi connectivity index (χ3v) is 5.27. The van der Waals surface area contributed by atoms with E-state index in [9.17, 15) is 5.11 Å². The van der Waals surface area contributed by atoms with Gasteiger partial charge in [-0.15, -0.1) is 0 Å². The lowest BCUT2D eigenvalue weighted by Gasteiger charge is -2.17. The fourth-order valence-corrected chi connectivity index (χ4v) is 3.56. The molecule has 0 radical (unpaired) electrons. The predicted octanol–water partition coefficient (Wildman–Crippen LogP) is 3.25. The molecule has 4 rings (SSSR count). The number of aliphatic hydroxyl groups is 1. The Morgan fingerprint density at radius 1 is 1.27 bits per heavy atom. The van der Waals surface area contributed by atoms with Gasteiger partial charge in [-0.2, -0.15) is 5.10 Å². The number of aliphatic hydroxyl groups excluding tert-OH is 1. The van der Waals surface area contributed by atoms with Crippen molar-refractivity contribution in [1.29, 1.82) is 0 Å². The molecular formula is C21H27N3O2. The quantitative estimate of drug-likeness (QED) is 0.866. The number of fused-ring (bicyclic) bond motifs is 1. The number of benzene rings is 1. The SMILES string of the molecule is COc1ccc(/C=C/CN2CCCn3nc(C(O)C4CC4)cc3C2)cc1. The van der Waals surface area contributed by atoms with Crippen LogP contribution in [0.2, 0.25) is 0 Å². The Labute approximate surface area is 154 Å². The first-order chi connectivity index (χ1) is 12.7. The Bertz CT molecular complexity index is 762. The van der Waals surface area contributed by atoms with Crippen molar-refractivity contribution in [1.82, 2.24) is 14.7 Å². The lowest BCUT2D eigenvalue weighted by atomic mass is 10.1. The van der Waals surface area contributed by atoms with Gasteiger partial charge in [0.25, 0.3) is 0 Å².